The maximum atomic E-state index is 14.5. The molecule has 3 N–H and O–H groups in total. The Morgan fingerprint density at radius 1 is 1.29 bits per heavy atom. The van der Waals surface area contributed by atoms with Crippen LogP contribution in [0.1, 0.15) is 11.8 Å². The van der Waals surface area contributed by atoms with Gasteiger partial charge in [-0.1, -0.05) is 23.7 Å². The zero-order valence-electron chi connectivity index (χ0n) is 14.3. The van der Waals surface area contributed by atoms with Gasteiger partial charge in [-0.15, -0.1) is 0 Å². The van der Waals surface area contributed by atoms with Crippen molar-refractivity contribution in [2.75, 3.05) is 11.9 Å². The van der Waals surface area contributed by atoms with E-state index in [-0.39, 0.29) is 10.9 Å². The second-order valence-corrected chi connectivity index (χ2v) is 7.11. The lowest BCUT2D eigenvalue weighted by molar-refractivity contribution is -0.0459. The molecular weight excluding hydrogens is 412 g/mol. The molecule has 11 heteroatoms. The molecule has 1 fully saturated rings. The Kier molecular flexibility index (Phi) is 5.35. The molecule has 0 radical (unpaired) electrons. The van der Waals surface area contributed by atoms with E-state index in [0.717, 1.165) is 5.56 Å². The third-order valence-corrected chi connectivity index (χ3v) is 4.90. The van der Waals surface area contributed by atoms with Crippen LogP contribution in [0.3, 0.4) is 0 Å². The quantitative estimate of drug-likeness (QED) is 0.536. The molecule has 1 aliphatic heterocycles. The lowest BCUT2D eigenvalue weighted by Gasteiger charge is -2.15. The van der Waals surface area contributed by atoms with E-state index >= 15 is 0 Å². The molecule has 148 valence electrons. The number of ether oxygens (including phenoxy) is 1. The van der Waals surface area contributed by atoms with E-state index in [1.165, 1.54) is 10.9 Å². The third kappa shape index (κ3) is 3.51. The van der Waals surface area contributed by atoms with Crippen molar-refractivity contribution in [3.8, 4) is 0 Å². The highest BCUT2D eigenvalue weighted by Gasteiger charge is 2.45. The summed E-state index contributed by atoms with van der Waals surface area (Å²) >= 11 is 12.0. The molecule has 1 aliphatic rings. The summed E-state index contributed by atoms with van der Waals surface area (Å²) in [6.07, 6.45) is -4.10. The number of benzene rings is 1. The molecule has 1 aromatic carbocycles. The average Bonchev–Trinajstić information content (AvgIpc) is 3.21. The van der Waals surface area contributed by atoms with Gasteiger partial charge < -0.3 is 20.3 Å². The summed E-state index contributed by atoms with van der Waals surface area (Å²) in [5.41, 5.74) is 1.53. The Hall–Kier alpha value is -2.04. The van der Waals surface area contributed by atoms with E-state index in [0.29, 0.717) is 22.9 Å². The number of nitrogens with one attached hydrogen (secondary N) is 1. The van der Waals surface area contributed by atoms with Crippen molar-refractivity contribution >= 4 is 40.2 Å². The summed E-state index contributed by atoms with van der Waals surface area (Å²) in [6, 6.07) is 7.31. The molecule has 4 atom stereocenters. The van der Waals surface area contributed by atoms with Crippen molar-refractivity contribution in [3.05, 3.63) is 46.5 Å². The molecule has 0 spiro atoms. The van der Waals surface area contributed by atoms with Crippen LogP contribution in [0.2, 0.25) is 10.3 Å². The number of aliphatic hydroxyl groups is 2. The van der Waals surface area contributed by atoms with Crippen LogP contribution in [0.25, 0.3) is 11.2 Å². The van der Waals surface area contributed by atoms with Crippen LogP contribution in [-0.4, -0.2) is 54.7 Å². The molecule has 0 bridgehead atoms. The van der Waals surface area contributed by atoms with Gasteiger partial charge in [-0.3, -0.25) is 4.57 Å². The molecule has 8 nitrogen and oxygen atoms in total. The van der Waals surface area contributed by atoms with Gasteiger partial charge in [-0.2, -0.15) is 9.97 Å². The normalized spacial score (nSPS) is 24.8. The zero-order valence-corrected chi connectivity index (χ0v) is 15.8. The number of hydrogen-bond donors (Lipinski definition) is 3. The summed E-state index contributed by atoms with van der Waals surface area (Å²) in [5, 5.41) is 22.8. The van der Waals surface area contributed by atoms with Crippen LogP contribution < -0.4 is 5.32 Å². The molecule has 3 aromatic rings. The highest BCUT2D eigenvalue weighted by atomic mass is 35.5. The van der Waals surface area contributed by atoms with Crippen LogP contribution in [0.15, 0.2) is 30.6 Å². The molecular formula is C17H16Cl2FN5O3. The largest absolute Gasteiger partial charge is 0.394 e. The predicted octanol–water partition coefficient (Wildman–Crippen LogP) is 2.33. The van der Waals surface area contributed by atoms with E-state index in [4.69, 9.17) is 27.9 Å². The molecule has 0 unspecified atom stereocenters. The lowest BCUT2D eigenvalue weighted by atomic mass is 10.1. The molecule has 4 rings (SSSR count). The first kappa shape index (κ1) is 19.3. The Bertz CT molecular complexity index is 1000. The van der Waals surface area contributed by atoms with E-state index in [1.54, 1.807) is 6.07 Å². The summed E-state index contributed by atoms with van der Waals surface area (Å²) < 4.78 is 21.2. The molecule has 0 saturated carbocycles. The summed E-state index contributed by atoms with van der Waals surface area (Å²) in [5.74, 6) is 0.362. The second-order valence-electron chi connectivity index (χ2n) is 6.33. The zero-order chi connectivity index (χ0) is 19.8. The van der Waals surface area contributed by atoms with Crippen LogP contribution >= 0.6 is 23.2 Å². The van der Waals surface area contributed by atoms with Crippen molar-refractivity contribution in [3.63, 3.8) is 0 Å². The van der Waals surface area contributed by atoms with Gasteiger partial charge in [0.25, 0.3) is 0 Å². The van der Waals surface area contributed by atoms with Crippen LogP contribution in [0, 0.1) is 0 Å². The molecule has 0 aliphatic carbocycles. The molecule has 28 heavy (non-hydrogen) atoms. The number of alkyl halides is 1. The fourth-order valence-electron chi connectivity index (χ4n) is 3.11. The summed E-state index contributed by atoms with van der Waals surface area (Å²) in [4.78, 5) is 12.5. The first-order valence-electron chi connectivity index (χ1n) is 8.44. The van der Waals surface area contributed by atoms with Crippen molar-refractivity contribution in [1.29, 1.82) is 0 Å². The first-order chi connectivity index (χ1) is 13.5. The van der Waals surface area contributed by atoms with Crippen LogP contribution in [0.5, 0.6) is 0 Å². The first-order valence-corrected chi connectivity index (χ1v) is 9.20. The number of anilines is 1. The van der Waals surface area contributed by atoms with Crippen LogP contribution in [0.4, 0.5) is 10.2 Å². The third-order valence-electron chi connectivity index (χ3n) is 4.49. The molecule has 0 amide bonds. The minimum absolute atomic E-state index is 0.0597. The van der Waals surface area contributed by atoms with Gasteiger partial charge >= 0.3 is 0 Å². The van der Waals surface area contributed by atoms with Gasteiger partial charge in [0.1, 0.15) is 12.2 Å². The maximum absolute atomic E-state index is 14.5. The average molecular weight is 428 g/mol. The number of aromatic nitrogens is 4. The highest BCUT2D eigenvalue weighted by Crippen LogP contribution is 2.34. The number of rotatable bonds is 5. The van der Waals surface area contributed by atoms with Crippen molar-refractivity contribution < 1.29 is 19.3 Å². The van der Waals surface area contributed by atoms with Crippen LogP contribution in [-0.2, 0) is 11.3 Å². The fourth-order valence-corrected chi connectivity index (χ4v) is 3.49. The predicted molar refractivity (Wildman–Crippen MR) is 101 cm³/mol. The van der Waals surface area contributed by atoms with E-state index in [1.807, 2.05) is 18.2 Å². The number of aliphatic hydroxyl groups excluding tert-OH is 2. The van der Waals surface area contributed by atoms with Gasteiger partial charge in [0.05, 0.1) is 12.9 Å². The number of fused-ring (bicyclic) bond motifs is 1. The fraction of sp³-hybridized carbons (Fsp3) is 0.353. The van der Waals surface area contributed by atoms with Crippen molar-refractivity contribution in [1.82, 2.24) is 19.5 Å². The van der Waals surface area contributed by atoms with E-state index in [9.17, 15) is 14.6 Å². The molecule has 3 heterocycles. The summed E-state index contributed by atoms with van der Waals surface area (Å²) in [7, 11) is 0. The topological polar surface area (TPSA) is 105 Å². The number of imidazole rings is 1. The standard InChI is InChI=1S/C17H16Cl2FN5O3/c18-9-3-1-2-8(4-9)5-21-14-12-15(24-17(19)23-14)25(7-22-12)16-11(20)13(27)10(6-26)28-16/h1-4,7,10-11,13,16,26-27H,5-6H2,(H,21,23,24)/t10-,11+,13-,16-/m1/s1. The van der Waals surface area contributed by atoms with Gasteiger partial charge in [-0.25, -0.2) is 9.37 Å². The maximum Gasteiger partial charge on any atom is 0.226 e. The Labute approximate surface area is 168 Å². The second kappa shape index (κ2) is 7.76. The summed E-state index contributed by atoms with van der Waals surface area (Å²) in [6.45, 7) is -0.0975. The number of nitrogens with zero attached hydrogens (tertiary/aromatic N) is 4. The smallest absolute Gasteiger partial charge is 0.226 e. The van der Waals surface area contributed by atoms with Gasteiger partial charge in [0.2, 0.25) is 5.28 Å². The van der Waals surface area contributed by atoms with Gasteiger partial charge in [-0.05, 0) is 29.3 Å². The van der Waals surface area contributed by atoms with Gasteiger partial charge in [0, 0.05) is 11.6 Å². The van der Waals surface area contributed by atoms with Crippen molar-refractivity contribution in [2.24, 2.45) is 0 Å². The Morgan fingerprint density at radius 3 is 2.82 bits per heavy atom. The van der Waals surface area contributed by atoms with E-state index < -0.39 is 31.2 Å². The van der Waals surface area contributed by atoms with E-state index in [2.05, 4.69) is 20.3 Å². The number of halogens is 3. The minimum Gasteiger partial charge on any atom is -0.394 e. The SMILES string of the molecule is OC[C@H]1O[C@@H](n2cnc3c(NCc4cccc(Cl)c4)nc(Cl)nc32)[C@@H](F)[C@@H]1O. The minimum atomic E-state index is -1.76. The highest BCUT2D eigenvalue weighted by molar-refractivity contribution is 6.30. The monoisotopic (exact) mass is 427 g/mol. The Balaban J connectivity index is 1.65. The molecule has 1 saturated heterocycles. The number of hydrogen-bond acceptors (Lipinski definition) is 7. The molecule has 2 aromatic heterocycles. The van der Waals surface area contributed by atoms with Gasteiger partial charge in [0.15, 0.2) is 29.4 Å². The van der Waals surface area contributed by atoms with Crippen molar-refractivity contribution in [2.45, 2.75) is 31.2 Å². The Morgan fingerprint density at radius 2 is 2.11 bits per heavy atom. The lowest BCUT2D eigenvalue weighted by Crippen LogP contribution is -2.30.